The van der Waals surface area contributed by atoms with Gasteiger partial charge in [0.25, 0.3) is 5.56 Å². The van der Waals surface area contributed by atoms with Crippen LogP contribution in [0, 0.1) is 22.7 Å². The zero-order chi connectivity index (χ0) is 38.1. The summed E-state index contributed by atoms with van der Waals surface area (Å²) in [7, 11) is 1.39. The molecule has 0 aliphatic heterocycles. The van der Waals surface area contributed by atoms with Crippen molar-refractivity contribution in [2.75, 3.05) is 7.11 Å². The van der Waals surface area contributed by atoms with E-state index >= 15 is 0 Å². The van der Waals surface area contributed by atoms with Gasteiger partial charge in [-0.2, -0.15) is 10.5 Å². The lowest BCUT2D eigenvalue weighted by atomic mass is 10.2. The van der Waals surface area contributed by atoms with Crippen LogP contribution in [0.3, 0.4) is 0 Å². The molecule has 0 spiro atoms. The highest BCUT2D eigenvalue weighted by atomic mass is 35.5. The number of nitrogens with zero attached hydrogens (tertiary/aromatic N) is 4. The van der Waals surface area contributed by atoms with Crippen LogP contribution in [0.5, 0.6) is 28.9 Å². The molecule has 268 valence electrons. The molecular formula is C37H25Cl4N5O7. The van der Waals surface area contributed by atoms with Crippen LogP contribution in [0.1, 0.15) is 34.8 Å². The molecule has 0 radical (unpaired) electrons. The van der Waals surface area contributed by atoms with Crippen molar-refractivity contribution in [3.8, 4) is 41.0 Å². The van der Waals surface area contributed by atoms with Crippen LogP contribution >= 0.6 is 46.4 Å². The molecule has 3 aromatic carbocycles. The number of aliphatic carboxylic acids is 1. The second kappa shape index (κ2) is 17.6. The Labute approximate surface area is 321 Å². The average Bonchev–Trinajstić information content (AvgIpc) is 3.56. The van der Waals surface area contributed by atoms with Crippen molar-refractivity contribution in [2.45, 2.75) is 25.7 Å². The number of hydrogen-bond acceptors (Lipinski definition) is 10. The Hall–Kier alpha value is -5.76. The minimum Gasteiger partial charge on any atom is -0.481 e. The molecule has 3 aromatic heterocycles. The first-order chi connectivity index (χ1) is 25.4. The van der Waals surface area contributed by atoms with Crippen LogP contribution in [0.4, 0.5) is 0 Å². The molecule has 6 rings (SSSR count). The second-order valence-corrected chi connectivity index (χ2v) is 12.6. The van der Waals surface area contributed by atoms with Crippen LogP contribution in [0.25, 0.3) is 11.1 Å². The van der Waals surface area contributed by atoms with Crippen molar-refractivity contribution in [1.29, 1.82) is 10.5 Å². The number of rotatable bonds is 11. The molecule has 0 fully saturated rings. The molecule has 2 N–H and O–H groups in total. The third kappa shape index (κ3) is 10.4. The molecular weight excluding hydrogens is 768 g/mol. The molecule has 0 saturated heterocycles. The van der Waals surface area contributed by atoms with Crippen LogP contribution in [-0.2, 0) is 24.1 Å². The number of aromatic nitrogens is 3. The van der Waals surface area contributed by atoms with Crippen LogP contribution in [0.15, 0.2) is 82.0 Å². The maximum Gasteiger partial charge on any atom is 0.303 e. The zero-order valence-corrected chi connectivity index (χ0v) is 30.5. The number of benzene rings is 3. The first-order valence-corrected chi connectivity index (χ1v) is 16.9. The summed E-state index contributed by atoms with van der Waals surface area (Å²) in [6, 6.07) is 23.7. The monoisotopic (exact) mass is 791 g/mol. The van der Waals surface area contributed by atoms with Crippen LogP contribution in [0.2, 0.25) is 20.1 Å². The van der Waals surface area contributed by atoms with Gasteiger partial charge in [-0.25, -0.2) is 9.97 Å². The highest BCUT2D eigenvalue weighted by Crippen LogP contribution is 2.37. The van der Waals surface area contributed by atoms with Crippen molar-refractivity contribution in [1.82, 2.24) is 15.0 Å². The fourth-order valence-electron chi connectivity index (χ4n) is 4.78. The number of ether oxygens (including phenoxy) is 3. The number of para-hydroxylation sites is 2. The third-order valence-corrected chi connectivity index (χ3v) is 8.28. The smallest absolute Gasteiger partial charge is 0.303 e. The third-order valence-electron chi connectivity index (χ3n) is 7.13. The first kappa shape index (κ1) is 38.5. The highest BCUT2D eigenvalue weighted by molar-refractivity contribution is 6.33. The lowest BCUT2D eigenvalue weighted by molar-refractivity contribution is -0.137. The van der Waals surface area contributed by atoms with Gasteiger partial charge in [0.2, 0.25) is 5.88 Å². The van der Waals surface area contributed by atoms with Crippen LogP contribution < -0.4 is 19.8 Å². The van der Waals surface area contributed by atoms with Crippen molar-refractivity contribution in [3.63, 3.8) is 0 Å². The standard InChI is InChI=1S/C21H13Cl2N3O3.C16H12Cl2N2O4/c22-13-7-12(11-24)8-15(9-13)28-18-10-14(25-21(27)20(18)23)5-6-19-26-16-3-1-2-4-17(16)29-19;1-23-16-15(18)13(7-11(20-16)2-3-14(21)22)24-12-5-9(8-19)4-10(17)6-12/h1-4,7-10H,5-6H2,(H,25,27);4-7H,2-3H2,1H3,(H,21,22). The van der Waals surface area contributed by atoms with Crippen molar-refractivity contribution in [3.05, 3.63) is 132 Å². The topological polar surface area (TPSA) is 184 Å². The molecule has 16 heteroatoms. The van der Waals surface area contributed by atoms with Crippen LogP contribution in [-0.4, -0.2) is 33.1 Å². The van der Waals surface area contributed by atoms with Gasteiger partial charge in [0.15, 0.2) is 23.0 Å². The van der Waals surface area contributed by atoms with E-state index in [1.54, 1.807) is 6.07 Å². The number of pyridine rings is 2. The highest BCUT2D eigenvalue weighted by Gasteiger charge is 2.16. The second-order valence-electron chi connectivity index (χ2n) is 11.0. The summed E-state index contributed by atoms with van der Waals surface area (Å²) in [5, 5.41) is 27.6. The summed E-state index contributed by atoms with van der Waals surface area (Å²) < 4.78 is 22.2. The molecule has 0 amide bonds. The normalized spacial score (nSPS) is 10.5. The molecule has 0 aliphatic rings. The number of halogens is 4. The molecule has 0 bridgehead atoms. The van der Waals surface area contributed by atoms with E-state index in [9.17, 15) is 9.59 Å². The molecule has 6 aromatic rings. The summed E-state index contributed by atoms with van der Waals surface area (Å²) in [6.07, 6.45) is 1.06. The Morgan fingerprint density at radius 2 is 1.45 bits per heavy atom. The van der Waals surface area contributed by atoms with Crippen molar-refractivity contribution < 1.29 is 28.5 Å². The zero-order valence-electron chi connectivity index (χ0n) is 27.5. The van der Waals surface area contributed by atoms with E-state index in [0.29, 0.717) is 68.4 Å². The minimum absolute atomic E-state index is 0.0888. The Balaban J connectivity index is 0.000000209. The number of hydrogen-bond donors (Lipinski definition) is 2. The number of carboxylic acids is 1. The number of oxazole rings is 1. The largest absolute Gasteiger partial charge is 0.481 e. The first-order valence-electron chi connectivity index (χ1n) is 15.4. The molecule has 0 saturated carbocycles. The van der Waals surface area contributed by atoms with E-state index in [-0.39, 0.29) is 40.3 Å². The number of aryl methyl sites for hydroxylation is 3. The van der Waals surface area contributed by atoms with Crippen molar-refractivity contribution >= 4 is 63.5 Å². The molecule has 3 heterocycles. The summed E-state index contributed by atoms with van der Waals surface area (Å²) in [5.41, 5.74) is 2.76. The maximum absolute atomic E-state index is 12.2. The number of aromatic amines is 1. The number of methoxy groups -OCH3 is 1. The number of H-pyrrole nitrogens is 1. The predicted octanol–water partition coefficient (Wildman–Crippen LogP) is 9.35. The number of carboxylic acid groups (broad SMARTS) is 1. The quantitative estimate of drug-likeness (QED) is 0.127. The number of fused-ring (bicyclic) bond motifs is 1. The summed E-state index contributed by atoms with van der Waals surface area (Å²) >= 11 is 24.2. The molecule has 12 nitrogen and oxygen atoms in total. The van der Waals surface area contributed by atoms with E-state index in [0.717, 1.165) is 5.52 Å². The van der Waals surface area contributed by atoms with E-state index in [4.69, 9.17) is 80.7 Å². The molecule has 0 aliphatic carbocycles. The van der Waals surface area contributed by atoms with Gasteiger partial charge in [-0.1, -0.05) is 58.5 Å². The van der Waals surface area contributed by atoms with E-state index in [2.05, 4.69) is 15.0 Å². The average molecular weight is 793 g/mol. The van der Waals surface area contributed by atoms with Gasteiger partial charge in [-0.05, 0) is 55.0 Å². The lowest BCUT2D eigenvalue weighted by Gasteiger charge is -2.12. The number of nitrogens with one attached hydrogen (secondary N) is 1. The van der Waals surface area contributed by atoms with E-state index in [1.165, 1.54) is 49.6 Å². The van der Waals surface area contributed by atoms with Gasteiger partial charge in [-0.15, -0.1) is 0 Å². The van der Waals surface area contributed by atoms with Gasteiger partial charge in [-0.3, -0.25) is 9.59 Å². The van der Waals surface area contributed by atoms with Gasteiger partial charge >= 0.3 is 5.97 Å². The SMILES string of the molecule is COc1nc(CCC(=O)O)cc(Oc2cc(Cl)cc(C#N)c2)c1Cl.N#Cc1cc(Cl)cc(Oc2cc(CCc3nc4ccccc4o3)[nH]c(=O)c2Cl)c1. The molecule has 0 unspecified atom stereocenters. The van der Waals surface area contributed by atoms with Crippen molar-refractivity contribution in [2.24, 2.45) is 0 Å². The fraction of sp³-hybridized carbons (Fsp3) is 0.135. The molecule has 53 heavy (non-hydrogen) atoms. The number of carbonyl (C=O) groups is 1. The molecule has 0 atom stereocenters. The van der Waals surface area contributed by atoms with Gasteiger partial charge < -0.3 is 28.7 Å². The summed E-state index contributed by atoms with van der Waals surface area (Å²) in [4.78, 5) is 34.2. The summed E-state index contributed by atoms with van der Waals surface area (Å²) in [5.74, 6) is 0.783. The predicted molar refractivity (Wildman–Crippen MR) is 198 cm³/mol. The number of nitriles is 2. The Bertz CT molecular complexity index is 2420. The lowest BCUT2D eigenvalue weighted by Crippen LogP contribution is -2.11. The van der Waals surface area contributed by atoms with E-state index in [1.807, 2.05) is 36.4 Å². The van der Waals surface area contributed by atoms with E-state index < -0.39 is 11.5 Å². The Kier molecular flexibility index (Phi) is 12.8. The van der Waals surface area contributed by atoms with Gasteiger partial charge in [0.05, 0.1) is 36.8 Å². The Morgan fingerprint density at radius 3 is 2.04 bits per heavy atom. The fourth-order valence-corrected chi connectivity index (χ4v) is 5.58. The van der Waals surface area contributed by atoms with Gasteiger partial charge in [0.1, 0.15) is 27.1 Å². The van der Waals surface area contributed by atoms with Gasteiger partial charge in [0, 0.05) is 46.4 Å². The maximum atomic E-state index is 12.2. The Morgan fingerprint density at radius 1 is 0.830 bits per heavy atom. The summed E-state index contributed by atoms with van der Waals surface area (Å²) in [6.45, 7) is 0. The minimum atomic E-state index is -0.943.